The number of halogens is 1. The lowest BCUT2D eigenvalue weighted by atomic mass is 9.68. The van der Waals surface area contributed by atoms with E-state index in [1.807, 2.05) is 7.05 Å². The first-order valence-electron chi connectivity index (χ1n) is 8.96. The van der Waals surface area contributed by atoms with Crippen molar-refractivity contribution in [1.82, 2.24) is 10.2 Å². The molecule has 1 spiro atoms. The maximum absolute atomic E-state index is 5.91. The summed E-state index contributed by atoms with van der Waals surface area (Å²) in [5.41, 5.74) is 0.629. The van der Waals surface area contributed by atoms with Crippen LogP contribution in [0.5, 0.6) is 0 Å². The fourth-order valence-electron chi connectivity index (χ4n) is 3.90. The summed E-state index contributed by atoms with van der Waals surface area (Å²) in [6, 6.07) is 0. The Kier molecular flexibility index (Phi) is 7.88. The van der Waals surface area contributed by atoms with E-state index in [9.17, 15) is 0 Å². The second-order valence-electron chi connectivity index (χ2n) is 7.04. The minimum Gasteiger partial charge on any atom is -0.381 e. The van der Waals surface area contributed by atoms with E-state index in [-0.39, 0.29) is 24.0 Å². The highest BCUT2D eigenvalue weighted by Gasteiger charge is 2.43. The Hall–Kier alpha value is -0.0800. The van der Waals surface area contributed by atoms with Gasteiger partial charge in [0.05, 0.1) is 6.10 Å². The predicted molar refractivity (Wildman–Crippen MR) is 104 cm³/mol. The molecule has 1 aliphatic carbocycles. The Labute approximate surface area is 157 Å². The lowest BCUT2D eigenvalue weighted by molar-refractivity contribution is -0.0320. The SMILES string of the molecule is CN=C(NCCCOC1CCOCC1)N1CCC2(CCC2)C1.I. The van der Waals surface area contributed by atoms with Gasteiger partial charge in [-0.1, -0.05) is 6.42 Å². The highest BCUT2D eigenvalue weighted by Crippen LogP contribution is 2.47. The van der Waals surface area contributed by atoms with Gasteiger partial charge in [0.15, 0.2) is 5.96 Å². The van der Waals surface area contributed by atoms with Gasteiger partial charge < -0.3 is 19.7 Å². The van der Waals surface area contributed by atoms with Crippen molar-refractivity contribution >= 4 is 29.9 Å². The third-order valence-corrected chi connectivity index (χ3v) is 5.49. The molecule has 0 unspecified atom stereocenters. The molecule has 0 atom stereocenters. The summed E-state index contributed by atoms with van der Waals surface area (Å²) in [7, 11) is 1.90. The van der Waals surface area contributed by atoms with Crippen LogP contribution in [0.1, 0.15) is 44.9 Å². The van der Waals surface area contributed by atoms with Crippen molar-refractivity contribution in [2.45, 2.75) is 51.0 Å². The molecule has 3 rings (SSSR count). The van der Waals surface area contributed by atoms with E-state index in [2.05, 4.69) is 15.2 Å². The summed E-state index contributed by atoms with van der Waals surface area (Å²) >= 11 is 0. The third-order valence-electron chi connectivity index (χ3n) is 5.49. The van der Waals surface area contributed by atoms with E-state index >= 15 is 0 Å². The maximum atomic E-state index is 5.91. The first-order valence-corrected chi connectivity index (χ1v) is 8.96. The van der Waals surface area contributed by atoms with Crippen LogP contribution in [0, 0.1) is 5.41 Å². The minimum atomic E-state index is 0. The fourth-order valence-corrected chi connectivity index (χ4v) is 3.90. The van der Waals surface area contributed by atoms with Crippen molar-refractivity contribution in [2.75, 3.05) is 46.5 Å². The van der Waals surface area contributed by atoms with E-state index in [1.165, 1.54) is 32.2 Å². The summed E-state index contributed by atoms with van der Waals surface area (Å²) in [6.45, 7) is 5.85. The molecule has 0 radical (unpaired) electrons. The first-order chi connectivity index (χ1) is 10.8. The van der Waals surface area contributed by atoms with Crippen LogP contribution >= 0.6 is 24.0 Å². The zero-order valence-electron chi connectivity index (χ0n) is 14.4. The number of likely N-dealkylation sites (tertiary alicyclic amines) is 1. The van der Waals surface area contributed by atoms with E-state index < -0.39 is 0 Å². The second kappa shape index (κ2) is 9.42. The molecule has 0 amide bonds. The largest absolute Gasteiger partial charge is 0.381 e. The molecular weight excluding hydrogens is 405 g/mol. The molecule has 2 heterocycles. The van der Waals surface area contributed by atoms with Gasteiger partial charge in [0, 0.05) is 46.5 Å². The quantitative estimate of drug-likeness (QED) is 0.311. The molecule has 2 saturated heterocycles. The molecule has 23 heavy (non-hydrogen) atoms. The molecule has 0 aromatic carbocycles. The summed E-state index contributed by atoms with van der Waals surface area (Å²) < 4.78 is 11.3. The highest BCUT2D eigenvalue weighted by molar-refractivity contribution is 14.0. The summed E-state index contributed by atoms with van der Waals surface area (Å²) in [6.07, 6.45) is 9.14. The third kappa shape index (κ3) is 5.19. The normalized spacial score (nSPS) is 24.4. The van der Waals surface area contributed by atoms with Gasteiger partial charge >= 0.3 is 0 Å². The number of hydrogen-bond donors (Lipinski definition) is 1. The van der Waals surface area contributed by atoms with Gasteiger partial charge in [0.1, 0.15) is 0 Å². The monoisotopic (exact) mass is 437 g/mol. The summed E-state index contributed by atoms with van der Waals surface area (Å²) in [5.74, 6) is 1.08. The topological polar surface area (TPSA) is 46.1 Å². The number of nitrogens with zero attached hydrogens (tertiary/aromatic N) is 2. The van der Waals surface area contributed by atoms with Crippen LogP contribution in [0.2, 0.25) is 0 Å². The van der Waals surface area contributed by atoms with Gasteiger partial charge in [-0.15, -0.1) is 24.0 Å². The molecule has 0 aromatic rings. The summed E-state index contributed by atoms with van der Waals surface area (Å²) in [4.78, 5) is 6.90. The van der Waals surface area contributed by atoms with Gasteiger partial charge in [-0.3, -0.25) is 4.99 Å². The number of guanidine groups is 1. The zero-order valence-corrected chi connectivity index (χ0v) is 16.7. The standard InChI is InChI=1S/C17H31N3O2.HI/c1-18-16(20-10-8-17(14-20)6-2-7-17)19-9-3-11-22-15-4-12-21-13-5-15;/h15H,2-14H2,1H3,(H,18,19);1H. The second-order valence-corrected chi connectivity index (χ2v) is 7.04. The Morgan fingerprint density at radius 1 is 1.30 bits per heavy atom. The van der Waals surface area contributed by atoms with Crippen molar-refractivity contribution in [1.29, 1.82) is 0 Å². The number of rotatable bonds is 5. The molecule has 0 aromatic heterocycles. The molecule has 134 valence electrons. The molecule has 2 aliphatic heterocycles. The van der Waals surface area contributed by atoms with Gasteiger partial charge in [0.2, 0.25) is 0 Å². The highest BCUT2D eigenvalue weighted by atomic mass is 127. The molecule has 3 aliphatic rings. The van der Waals surface area contributed by atoms with Crippen LogP contribution in [0.3, 0.4) is 0 Å². The zero-order chi connectivity index (χ0) is 15.3. The molecule has 5 nitrogen and oxygen atoms in total. The van der Waals surface area contributed by atoms with Crippen molar-refractivity contribution in [3.8, 4) is 0 Å². The molecule has 1 N–H and O–H groups in total. The van der Waals surface area contributed by atoms with E-state index in [0.717, 1.165) is 58.1 Å². The minimum absolute atomic E-state index is 0. The van der Waals surface area contributed by atoms with Gasteiger partial charge in [-0.25, -0.2) is 0 Å². The molecular formula is C17H32IN3O2. The molecule has 0 bridgehead atoms. The molecule has 3 fully saturated rings. The van der Waals surface area contributed by atoms with Crippen LogP contribution in [0.15, 0.2) is 4.99 Å². The predicted octanol–water partition coefficient (Wildman–Crippen LogP) is 2.64. The van der Waals surface area contributed by atoms with Crippen LogP contribution < -0.4 is 5.32 Å². The number of aliphatic imine (C=N–C) groups is 1. The maximum Gasteiger partial charge on any atom is 0.193 e. The Morgan fingerprint density at radius 2 is 2.09 bits per heavy atom. The lowest BCUT2D eigenvalue weighted by Gasteiger charge is -2.38. The van der Waals surface area contributed by atoms with Gasteiger partial charge in [-0.05, 0) is 43.9 Å². The van der Waals surface area contributed by atoms with Gasteiger partial charge in [0.25, 0.3) is 0 Å². The van der Waals surface area contributed by atoms with Crippen molar-refractivity contribution in [3.05, 3.63) is 0 Å². The van der Waals surface area contributed by atoms with Crippen LogP contribution in [-0.4, -0.2) is 63.5 Å². The first kappa shape index (κ1) is 19.2. The van der Waals surface area contributed by atoms with Crippen molar-refractivity contribution in [3.63, 3.8) is 0 Å². The smallest absolute Gasteiger partial charge is 0.193 e. The van der Waals surface area contributed by atoms with Crippen LogP contribution in [0.25, 0.3) is 0 Å². The Bertz CT molecular complexity index is 382. The molecule has 6 heteroatoms. The van der Waals surface area contributed by atoms with Crippen molar-refractivity contribution < 1.29 is 9.47 Å². The number of ether oxygens (including phenoxy) is 2. The average Bonchev–Trinajstić information content (AvgIpc) is 2.97. The number of nitrogens with one attached hydrogen (secondary N) is 1. The van der Waals surface area contributed by atoms with E-state index in [4.69, 9.17) is 9.47 Å². The van der Waals surface area contributed by atoms with E-state index in [1.54, 1.807) is 0 Å². The lowest BCUT2D eigenvalue weighted by Crippen LogP contribution is -2.43. The van der Waals surface area contributed by atoms with E-state index in [0.29, 0.717) is 11.5 Å². The van der Waals surface area contributed by atoms with Crippen LogP contribution in [-0.2, 0) is 9.47 Å². The van der Waals surface area contributed by atoms with Gasteiger partial charge in [-0.2, -0.15) is 0 Å². The Balaban J connectivity index is 0.00000192. The van der Waals surface area contributed by atoms with Crippen molar-refractivity contribution in [2.24, 2.45) is 10.4 Å². The average molecular weight is 437 g/mol. The fraction of sp³-hybridized carbons (Fsp3) is 0.941. The molecule has 1 saturated carbocycles. The Morgan fingerprint density at radius 3 is 2.70 bits per heavy atom. The summed E-state index contributed by atoms with van der Waals surface area (Å²) in [5, 5.41) is 3.51. The van der Waals surface area contributed by atoms with Crippen LogP contribution in [0.4, 0.5) is 0 Å². The number of hydrogen-bond acceptors (Lipinski definition) is 3.